The molecule has 1 aliphatic rings. The number of nitrogens with zero attached hydrogens (tertiary/aromatic N) is 2. The van der Waals surface area contributed by atoms with E-state index in [-0.39, 0.29) is 18.0 Å². The lowest BCUT2D eigenvalue weighted by Gasteiger charge is -2.14. The Bertz CT molecular complexity index is 835. The van der Waals surface area contributed by atoms with E-state index < -0.39 is 0 Å². The van der Waals surface area contributed by atoms with Crippen molar-refractivity contribution in [2.45, 2.75) is 66.0 Å². The zero-order chi connectivity index (χ0) is 18.8. The van der Waals surface area contributed by atoms with E-state index in [1.165, 1.54) is 16.2 Å². The molecule has 2 heterocycles. The molecule has 0 radical (unpaired) electrons. The molecule has 26 heavy (non-hydrogen) atoms. The molecular formula is C19H25N3O3S. The first-order valence-corrected chi connectivity index (χ1v) is 9.93. The smallest absolute Gasteiger partial charge is 0.341 e. The maximum Gasteiger partial charge on any atom is 0.341 e. The van der Waals surface area contributed by atoms with Gasteiger partial charge in [-0.25, -0.2) is 4.79 Å². The highest BCUT2D eigenvalue weighted by Gasteiger charge is 2.28. The highest BCUT2D eigenvalue weighted by atomic mass is 32.1. The van der Waals surface area contributed by atoms with Crippen molar-refractivity contribution in [1.82, 2.24) is 9.78 Å². The van der Waals surface area contributed by atoms with E-state index >= 15 is 0 Å². The zero-order valence-electron chi connectivity index (χ0n) is 15.7. The molecule has 2 aromatic rings. The lowest BCUT2D eigenvalue weighted by molar-refractivity contribution is 0.0378. The van der Waals surface area contributed by atoms with Crippen molar-refractivity contribution in [3.05, 3.63) is 33.5 Å². The molecule has 0 atom stereocenters. The van der Waals surface area contributed by atoms with Crippen LogP contribution in [0.4, 0.5) is 5.00 Å². The van der Waals surface area contributed by atoms with Crippen molar-refractivity contribution in [3.8, 4) is 0 Å². The van der Waals surface area contributed by atoms with E-state index in [0.717, 1.165) is 36.9 Å². The van der Waals surface area contributed by atoms with Crippen LogP contribution in [0, 0.1) is 6.92 Å². The van der Waals surface area contributed by atoms with Gasteiger partial charge in [0, 0.05) is 17.1 Å². The van der Waals surface area contributed by atoms with Crippen molar-refractivity contribution in [2.75, 3.05) is 5.32 Å². The molecule has 1 aliphatic carbocycles. The van der Waals surface area contributed by atoms with E-state index in [0.29, 0.717) is 22.7 Å². The lowest BCUT2D eigenvalue weighted by atomic mass is 9.95. The van der Waals surface area contributed by atoms with Crippen molar-refractivity contribution >= 4 is 28.2 Å². The lowest BCUT2D eigenvalue weighted by Crippen LogP contribution is -2.18. The number of aromatic nitrogens is 2. The molecule has 7 heteroatoms. The molecule has 1 N–H and O–H groups in total. The molecule has 0 saturated carbocycles. The van der Waals surface area contributed by atoms with Gasteiger partial charge in [-0.2, -0.15) is 5.10 Å². The summed E-state index contributed by atoms with van der Waals surface area (Å²) >= 11 is 1.50. The predicted molar refractivity (Wildman–Crippen MR) is 102 cm³/mol. The Kier molecular flexibility index (Phi) is 5.46. The molecule has 2 aromatic heterocycles. The second-order valence-corrected chi connectivity index (χ2v) is 7.89. The molecule has 3 rings (SSSR count). The number of esters is 1. The molecule has 140 valence electrons. The maximum absolute atomic E-state index is 12.8. The van der Waals surface area contributed by atoms with Crippen LogP contribution < -0.4 is 5.32 Å². The Balaban J connectivity index is 1.93. The highest BCUT2D eigenvalue weighted by Crippen LogP contribution is 2.39. The number of carbonyl (C=O) groups excluding carboxylic acids is 2. The van der Waals surface area contributed by atoms with E-state index in [9.17, 15) is 9.59 Å². The predicted octanol–water partition coefficient (Wildman–Crippen LogP) is 3.97. The molecule has 0 saturated heterocycles. The van der Waals surface area contributed by atoms with Crippen molar-refractivity contribution < 1.29 is 14.3 Å². The van der Waals surface area contributed by atoms with Gasteiger partial charge in [0.25, 0.3) is 5.91 Å². The monoisotopic (exact) mass is 375 g/mol. The van der Waals surface area contributed by atoms with Gasteiger partial charge in [-0.1, -0.05) is 0 Å². The summed E-state index contributed by atoms with van der Waals surface area (Å²) in [7, 11) is 0. The van der Waals surface area contributed by atoms with Gasteiger partial charge in [-0.05, 0) is 58.9 Å². The minimum atomic E-state index is -0.351. The van der Waals surface area contributed by atoms with E-state index in [4.69, 9.17) is 4.74 Å². The quantitative estimate of drug-likeness (QED) is 0.803. The Morgan fingerprint density at radius 1 is 1.35 bits per heavy atom. The third kappa shape index (κ3) is 3.53. The average Bonchev–Trinajstić information content (AvgIpc) is 3.13. The van der Waals surface area contributed by atoms with Gasteiger partial charge in [0.15, 0.2) is 0 Å². The number of fused-ring (bicyclic) bond motifs is 1. The fourth-order valence-corrected chi connectivity index (χ4v) is 4.57. The third-order valence-corrected chi connectivity index (χ3v) is 5.80. The van der Waals surface area contributed by atoms with Gasteiger partial charge in [0.05, 0.1) is 23.4 Å². The van der Waals surface area contributed by atoms with Crippen molar-refractivity contribution in [2.24, 2.45) is 0 Å². The Morgan fingerprint density at radius 2 is 2.08 bits per heavy atom. The summed E-state index contributed by atoms with van der Waals surface area (Å²) in [5, 5.41) is 7.76. The molecule has 0 unspecified atom stereocenters. The number of amides is 1. The average molecular weight is 375 g/mol. The fraction of sp³-hybridized carbons (Fsp3) is 0.526. The number of ether oxygens (including phenoxy) is 1. The van der Waals surface area contributed by atoms with Crippen LogP contribution in [0.3, 0.4) is 0 Å². The standard InChI is InChI=1S/C19H25N3O3S/c1-5-22-12(4)14(10-20-22)17(23)21-18-16(19(24)25-11(2)3)13-8-6-7-9-15(13)26-18/h10-11H,5-9H2,1-4H3,(H,21,23). The van der Waals surface area contributed by atoms with Gasteiger partial charge >= 0.3 is 5.97 Å². The number of nitrogens with one attached hydrogen (secondary N) is 1. The summed E-state index contributed by atoms with van der Waals surface area (Å²) in [5.41, 5.74) is 2.93. The largest absolute Gasteiger partial charge is 0.459 e. The minimum Gasteiger partial charge on any atom is -0.459 e. The van der Waals surface area contributed by atoms with E-state index in [1.807, 2.05) is 27.7 Å². The van der Waals surface area contributed by atoms with Gasteiger partial charge in [0.1, 0.15) is 5.00 Å². The molecule has 1 amide bonds. The van der Waals surface area contributed by atoms with Crippen LogP contribution in [-0.2, 0) is 24.1 Å². The zero-order valence-corrected chi connectivity index (χ0v) is 16.5. The molecule has 0 aliphatic heterocycles. The number of anilines is 1. The van der Waals surface area contributed by atoms with Crippen LogP contribution >= 0.6 is 11.3 Å². The molecule has 0 spiro atoms. The normalized spacial score (nSPS) is 13.6. The number of hydrogen-bond acceptors (Lipinski definition) is 5. The molecule has 0 fully saturated rings. The van der Waals surface area contributed by atoms with Crippen LogP contribution in [0.1, 0.15) is 70.5 Å². The first kappa shape index (κ1) is 18.6. The highest BCUT2D eigenvalue weighted by molar-refractivity contribution is 7.17. The first-order chi connectivity index (χ1) is 12.4. The van der Waals surface area contributed by atoms with E-state index in [2.05, 4.69) is 10.4 Å². The summed E-state index contributed by atoms with van der Waals surface area (Å²) in [5.74, 6) is -0.588. The topological polar surface area (TPSA) is 73.2 Å². The van der Waals surface area contributed by atoms with Crippen LogP contribution in [0.2, 0.25) is 0 Å². The van der Waals surface area contributed by atoms with E-state index in [1.54, 1.807) is 10.9 Å². The summed E-state index contributed by atoms with van der Waals surface area (Å²) < 4.78 is 7.21. The van der Waals surface area contributed by atoms with Crippen LogP contribution in [0.5, 0.6) is 0 Å². The van der Waals surface area contributed by atoms with Crippen molar-refractivity contribution in [3.63, 3.8) is 0 Å². The van der Waals surface area contributed by atoms with Gasteiger partial charge < -0.3 is 10.1 Å². The van der Waals surface area contributed by atoms with Gasteiger partial charge in [-0.3, -0.25) is 9.48 Å². The van der Waals surface area contributed by atoms with Crippen molar-refractivity contribution in [1.29, 1.82) is 0 Å². The van der Waals surface area contributed by atoms with Crippen LogP contribution in [0.25, 0.3) is 0 Å². The molecule has 0 aromatic carbocycles. The molecule has 0 bridgehead atoms. The SMILES string of the molecule is CCn1ncc(C(=O)Nc2sc3c(c2C(=O)OC(C)C)CCCC3)c1C. The summed E-state index contributed by atoms with van der Waals surface area (Å²) in [6, 6.07) is 0. The number of aryl methyl sites for hydroxylation is 2. The Hall–Kier alpha value is -2.15. The second kappa shape index (κ2) is 7.61. The summed E-state index contributed by atoms with van der Waals surface area (Å²) in [6.07, 6.45) is 5.36. The summed E-state index contributed by atoms with van der Waals surface area (Å²) in [6.45, 7) is 8.22. The van der Waals surface area contributed by atoms with Crippen LogP contribution in [-0.4, -0.2) is 27.8 Å². The first-order valence-electron chi connectivity index (χ1n) is 9.11. The Morgan fingerprint density at radius 3 is 2.73 bits per heavy atom. The van der Waals surface area contributed by atoms with Crippen LogP contribution in [0.15, 0.2) is 6.20 Å². The summed E-state index contributed by atoms with van der Waals surface area (Å²) in [4.78, 5) is 26.6. The fourth-order valence-electron chi connectivity index (χ4n) is 3.30. The number of carbonyl (C=O) groups is 2. The number of thiophene rings is 1. The second-order valence-electron chi connectivity index (χ2n) is 6.78. The number of rotatable bonds is 5. The van der Waals surface area contributed by atoms with Gasteiger partial charge in [-0.15, -0.1) is 11.3 Å². The third-order valence-electron chi connectivity index (χ3n) is 4.59. The Labute approximate surface area is 157 Å². The van der Waals surface area contributed by atoms with Gasteiger partial charge in [0.2, 0.25) is 0 Å². The minimum absolute atomic E-state index is 0.199. The molecule has 6 nitrogen and oxygen atoms in total. The number of hydrogen-bond donors (Lipinski definition) is 1. The molecular weight excluding hydrogens is 350 g/mol. The maximum atomic E-state index is 12.8.